The van der Waals surface area contributed by atoms with Gasteiger partial charge in [0.05, 0.1) is 23.9 Å². The smallest absolute Gasteiger partial charge is 0.416 e. The van der Waals surface area contributed by atoms with Crippen molar-refractivity contribution in [2.45, 2.75) is 50.2 Å². The van der Waals surface area contributed by atoms with E-state index < -0.39 is 41.0 Å². The van der Waals surface area contributed by atoms with Crippen LogP contribution in [0.3, 0.4) is 0 Å². The number of rotatable bonds is 7. The van der Waals surface area contributed by atoms with Crippen LogP contribution >= 0.6 is 0 Å². The molecule has 1 N–H and O–H groups in total. The number of amides is 1. The normalized spacial score (nSPS) is 17.5. The second-order valence-corrected chi connectivity index (χ2v) is 10.9. The van der Waals surface area contributed by atoms with Crippen LogP contribution < -0.4 is 5.32 Å². The summed E-state index contributed by atoms with van der Waals surface area (Å²) >= 11 is 0. The molecule has 0 radical (unpaired) electrons. The van der Waals surface area contributed by atoms with E-state index in [4.69, 9.17) is 9.40 Å². The summed E-state index contributed by atoms with van der Waals surface area (Å²) < 4.78 is 88.9. The largest absolute Gasteiger partial charge is 0.467 e. The first-order chi connectivity index (χ1) is 21.5. The number of aromatic nitrogens is 3. The van der Waals surface area contributed by atoms with Gasteiger partial charge in [0.25, 0.3) is 5.91 Å². The number of carbonyl (C=O) groups is 1. The minimum atomic E-state index is -5.06. The lowest BCUT2D eigenvalue weighted by molar-refractivity contribution is -0.143. The number of nitrogens with zero attached hydrogens (tertiary/aromatic N) is 4. The van der Waals surface area contributed by atoms with Crippen LogP contribution in [-0.2, 0) is 25.3 Å². The summed E-state index contributed by atoms with van der Waals surface area (Å²) in [5, 5.41) is 3.46. The van der Waals surface area contributed by atoms with Crippen molar-refractivity contribution in [1.29, 1.82) is 0 Å². The Bertz CT molecular complexity index is 1750. The van der Waals surface area contributed by atoms with Crippen LogP contribution in [0.1, 0.15) is 45.7 Å². The number of fused-ring (bicyclic) bond motifs is 1. The zero-order valence-electron chi connectivity index (χ0n) is 23.6. The lowest BCUT2D eigenvalue weighted by Gasteiger charge is -2.40. The molecule has 2 aromatic carbocycles. The van der Waals surface area contributed by atoms with E-state index in [1.54, 1.807) is 24.6 Å². The Balaban J connectivity index is 1.31. The lowest BCUT2D eigenvalue weighted by atomic mass is 9.91. The molecule has 5 aromatic rings. The quantitative estimate of drug-likeness (QED) is 0.190. The summed E-state index contributed by atoms with van der Waals surface area (Å²) in [4.78, 5) is 24.3. The fourth-order valence-corrected chi connectivity index (χ4v) is 5.73. The van der Waals surface area contributed by atoms with Gasteiger partial charge in [-0.15, -0.1) is 0 Å². The van der Waals surface area contributed by atoms with Gasteiger partial charge in [0.1, 0.15) is 11.3 Å². The van der Waals surface area contributed by atoms with E-state index in [0.717, 1.165) is 5.56 Å². The maximum absolute atomic E-state index is 13.7. The summed E-state index contributed by atoms with van der Waals surface area (Å²) in [6.45, 7) is 0.451. The maximum atomic E-state index is 13.7. The third-order valence-corrected chi connectivity index (χ3v) is 7.86. The van der Waals surface area contributed by atoms with E-state index in [0.29, 0.717) is 60.8 Å². The molecule has 234 valence electrons. The van der Waals surface area contributed by atoms with E-state index in [1.165, 1.54) is 4.90 Å². The number of hydrogen-bond donors (Lipinski definition) is 1. The molecule has 0 spiro atoms. The van der Waals surface area contributed by atoms with Crippen molar-refractivity contribution >= 4 is 23.0 Å². The first-order valence-corrected chi connectivity index (χ1v) is 14.2. The number of imidazole rings is 1. The third-order valence-electron chi connectivity index (χ3n) is 7.86. The Hall–Kier alpha value is -4.81. The van der Waals surface area contributed by atoms with Gasteiger partial charge in [-0.05, 0) is 67.3 Å². The zero-order valence-corrected chi connectivity index (χ0v) is 23.6. The van der Waals surface area contributed by atoms with Gasteiger partial charge in [-0.25, -0.2) is 9.97 Å². The minimum absolute atomic E-state index is 0.0258. The highest BCUT2D eigenvalue weighted by molar-refractivity contribution is 5.95. The summed E-state index contributed by atoms with van der Waals surface area (Å²) in [5.74, 6) is 0.320. The molecule has 0 bridgehead atoms. The predicted octanol–water partition coefficient (Wildman–Crippen LogP) is 7.44. The number of carbonyl (C=O) groups excluding carboxylic acids is 1. The standard InChI is InChI=1S/C32H27F6N5O2/c33-31(34,35)22-15-21(16-23(17-22)32(36,37)38)29(44)42-12-10-24(18-25(42)14-20-6-2-1-3-7-20)40-30-41-27-9-4-11-39-28(27)43(30)19-26-8-5-13-45-26/h1-9,11,13,15-17,24-25H,10,12,14,18-19H2,(H,40,41)/t24-,25+/m0/s1. The van der Waals surface area contributed by atoms with E-state index in [1.807, 2.05) is 47.0 Å². The summed E-state index contributed by atoms with van der Waals surface area (Å²) in [5.41, 5.74) is -1.55. The number of halogens is 6. The van der Waals surface area contributed by atoms with Crippen molar-refractivity contribution in [3.05, 3.63) is 113 Å². The number of alkyl halides is 6. The monoisotopic (exact) mass is 627 g/mol. The molecule has 1 saturated heterocycles. The third kappa shape index (κ3) is 6.66. The van der Waals surface area contributed by atoms with E-state index in [9.17, 15) is 31.1 Å². The molecule has 45 heavy (non-hydrogen) atoms. The first-order valence-electron chi connectivity index (χ1n) is 14.2. The van der Waals surface area contributed by atoms with Crippen LogP contribution in [0.4, 0.5) is 32.3 Å². The SMILES string of the molecule is O=C(c1cc(C(F)(F)F)cc(C(F)(F)F)c1)N1CC[C@H](Nc2nc3cccnc3n2Cc2ccco2)C[C@H]1Cc1ccccc1. The number of benzene rings is 2. The molecule has 1 amide bonds. The van der Waals surface area contributed by atoms with Crippen LogP contribution in [0.15, 0.2) is 89.7 Å². The summed E-state index contributed by atoms with van der Waals surface area (Å²) in [6.07, 6.45) is -5.82. The molecule has 3 aromatic heterocycles. The van der Waals surface area contributed by atoms with Gasteiger partial charge >= 0.3 is 12.4 Å². The molecule has 7 nitrogen and oxygen atoms in total. The molecule has 0 saturated carbocycles. The molecular formula is C32H27F6N5O2. The molecule has 0 unspecified atom stereocenters. The number of piperidine rings is 1. The van der Waals surface area contributed by atoms with Gasteiger partial charge in [0.2, 0.25) is 5.95 Å². The molecule has 1 aliphatic rings. The molecule has 2 atom stereocenters. The second kappa shape index (κ2) is 11.9. The van der Waals surface area contributed by atoms with Gasteiger partial charge in [-0.1, -0.05) is 30.3 Å². The number of hydrogen-bond acceptors (Lipinski definition) is 5. The average Bonchev–Trinajstić information content (AvgIpc) is 3.65. The first kappa shape index (κ1) is 30.2. The van der Waals surface area contributed by atoms with Crippen molar-refractivity contribution in [1.82, 2.24) is 19.4 Å². The van der Waals surface area contributed by atoms with Crippen LogP contribution in [0.25, 0.3) is 11.2 Å². The maximum Gasteiger partial charge on any atom is 0.416 e. The van der Waals surface area contributed by atoms with E-state index in [2.05, 4.69) is 10.3 Å². The fraction of sp³-hybridized carbons (Fsp3) is 0.281. The number of nitrogens with one attached hydrogen (secondary N) is 1. The molecule has 6 rings (SSSR count). The van der Waals surface area contributed by atoms with Crippen molar-refractivity contribution in [2.24, 2.45) is 0 Å². The lowest BCUT2D eigenvalue weighted by Crippen LogP contribution is -2.50. The Kier molecular flexibility index (Phi) is 8.02. The van der Waals surface area contributed by atoms with Gasteiger partial charge in [-0.3, -0.25) is 9.36 Å². The molecular weight excluding hydrogens is 600 g/mol. The molecule has 4 heterocycles. The zero-order chi connectivity index (χ0) is 31.8. The van der Waals surface area contributed by atoms with Gasteiger partial charge in [-0.2, -0.15) is 26.3 Å². The van der Waals surface area contributed by atoms with Crippen molar-refractivity contribution in [2.75, 3.05) is 11.9 Å². The molecule has 0 aliphatic carbocycles. The van der Waals surface area contributed by atoms with Crippen molar-refractivity contribution in [3.63, 3.8) is 0 Å². The number of furan rings is 1. The molecule has 1 aliphatic heterocycles. The molecule has 1 fully saturated rings. The van der Waals surface area contributed by atoms with Crippen LogP contribution in [0, 0.1) is 0 Å². The Morgan fingerprint density at radius 2 is 1.67 bits per heavy atom. The van der Waals surface area contributed by atoms with Crippen molar-refractivity contribution in [3.8, 4) is 0 Å². The van der Waals surface area contributed by atoms with Gasteiger partial charge in [0, 0.05) is 30.4 Å². The van der Waals surface area contributed by atoms with Crippen LogP contribution in [0.5, 0.6) is 0 Å². The van der Waals surface area contributed by atoms with E-state index >= 15 is 0 Å². The highest BCUT2D eigenvalue weighted by Crippen LogP contribution is 2.37. The molecule has 13 heteroatoms. The predicted molar refractivity (Wildman–Crippen MR) is 153 cm³/mol. The summed E-state index contributed by atoms with van der Waals surface area (Å²) in [7, 11) is 0. The summed E-state index contributed by atoms with van der Waals surface area (Å²) in [6, 6.07) is 16.7. The number of likely N-dealkylation sites (tertiary alicyclic amines) is 1. The second-order valence-electron chi connectivity index (χ2n) is 10.9. The van der Waals surface area contributed by atoms with Crippen LogP contribution in [-0.4, -0.2) is 44.0 Å². The Morgan fingerprint density at radius 3 is 2.33 bits per heavy atom. The van der Waals surface area contributed by atoms with Gasteiger partial charge < -0.3 is 14.6 Å². The average molecular weight is 628 g/mol. The highest BCUT2D eigenvalue weighted by Gasteiger charge is 2.39. The van der Waals surface area contributed by atoms with E-state index in [-0.39, 0.29) is 18.7 Å². The Labute approximate surface area is 253 Å². The minimum Gasteiger partial charge on any atom is -0.467 e. The van der Waals surface area contributed by atoms with Crippen molar-refractivity contribution < 1.29 is 35.6 Å². The highest BCUT2D eigenvalue weighted by atomic mass is 19.4. The fourth-order valence-electron chi connectivity index (χ4n) is 5.73. The number of pyridine rings is 1. The van der Waals surface area contributed by atoms with Gasteiger partial charge in [0.15, 0.2) is 5.65 Å². The van der Waals surface area contributed by atoms with Crippen LogP contribution in [0.2, 0.25) is 0 Å². The topological polar surface area (TPSA) is 76.2 Å². The Morgan fingerprint density at radius 1 is 0.933 bits per heavy atom. The number of anilines is 1.